The minimum absolute atomic E-state index is 0.220. The number of benzene rings is 2. The molecule has 4 rings (SSSR count). The van der Waals surface area contributed by atoms with Gasteiger partial charge in [-0.1, -0.05) is 48.5 Å². The zero-order valence-electron chi connectivity index (χ0n) is 19.2. The summed E-state index contributed by atoms with van der Waals surface area (Å²) in [5.41, 5.74) is 2.41. The van der Waals surface area contributed by atoms with Crippen molar-refractivity contribution >= 4 is 16.7 Å². The Morgan fingerprint density at radius 1 is 1.03 bits per heavy atom. The van der Waals surface area contributed by atoms with Gasteiger partial charge in [-0.15, -0.1) is 0 Å². The first-order valence-electron chi connectivity index (χ1n) is 11.7. The fraction of sp³-hybridized carbons (Fsp3) is 0.370. The van der Waals surface area contributed by atoms with Crippen LogP contribution in [0.3, 0.4) is 0 Å². The molecule has 0 saturated carbocycles. The van der Waals surface area contributed by atoms with Gasteiger partial charge in [0.1, 0.15) is 5.76 Å². The van der Waals surface area contributed by atoms with Crippen LogP contribution in [0.15, 0.2) is 76.0 Å². The Hall–Kier alpha value is -2.70. The van der Waals surface area contributed by atoms with Crippen LogP contribution in [0.1, 0.15) is 40.3 Å². The molecule has 1 atom stereocenters. The Kier molecular flexibility index (Phi) is 8.13. The standard InChI is InChI=1S/C27H32N2O3S/c1-21-7-5-6-10-26(21)33(31)20-24-11-12-25(32-24)27(30)28-15-18-29-16-13-23(14-17-29)19-22-8-3-2-4-9-22/h2-12,23H,13-20H2,1H3,(H,28,30). The number of hydrogen-bond donors (Lipinski definition) is 1. The molecule has 5 nitrogen and oxygen atoms in total. The molecule has 1 aliphatic heterocycles. The van der Waals surface area contributed by atoms with Crippen molar-refractivity contribution in [2.75, 3.05) is 26.2 Å². The predicted molar refractivity (Wildman–Crippen MR) is 132 cm³/mol. The molecule has 1 unspecified atom stereocenters. The van der Waals surface area contributed by atoms with Crippen molar-refractivity contribution in [2.24, 2.45) is 5.92 Å². The van der Waals surface area contributed by atoms with E-state index >= 15 is 0 Å². The molecule has 1 N–H and O–H groups in total. The second-order valence-corrected chi connectivity index (χ2v) is 10.2. The van der Waals surface area contributed by atoms with Crippen molar-refractivity contribution in [3.8, 4) is 0 Å². The van der Waals surface area contributed by atoms with Crippen LogP contribution in [0, 0.1) is 12.8 Å². The van der Waals surface area contributed by atoms with Crippen molar-refractivity contribution in [3.05, 3.63) is 89.4 Å². The molecule has 2 aromatic carbocycles. The third-order valence-corrected chi connectivity index (χ3v) is 7.78. The third kappa shape index (κ3) is 6.65. The molecule has 1 aliphatic rings. The SMILES string of the molecule is Cc1ccccc1S(=O)Cc1ccc(C(=O)NCCN2CCC(Cc3ccccc3)CC2)o1. The highest BCUT2D eigenvalue weighted by atomic mass is 32.2. The molecule has 3 aromatic rings. The molecule has 0 bridgehead atoms. The maximum Gasteiger partial charge on any atom is 0.287 e. The van der Waals surface area contributed by atoms with Crippen LogP contribution in [0.4, 0.5) is 0 Å². The van der Waals surface area contributed by atoms with Crippen LogP contribution in [-0.2, 0) is 23.0 Å². The maximum absolute atomic E-state index is 12.6. The summed E-state index contributed by atoms with van der Waals surface area (Å²) in [5.74, 6) is 1.61. The number of rotatable bonds is 9. The van der Waals surface area contributed by atoms with E-state index in [4.69, 9.17) is 4.42 Å². The van der Waals surface area contributed by atoms with Crippen LogP contribution >= 0.6 is 0 Å². The van der Waals surface area contributed by atoms with Crippen LogP contribution in [0.25, 0.3) is 0 Å². The van der Waals surface area contributed by atoms with Gasteiger partial charge in [0.25, 0.3) is 5.91 Å². The second-order valence-electron chi connectivity index (χ2n) is 8.75. The molecule has 174 valence electrons. The Bertz CT molecular complexity index is 1070. The number of piperidine rings is 1. The maximum atomic E-state index is 12.6. The molecule has 2 heterocycles. The zero-order chi connectivity index (χ0) is 23.0. The number of amides is 1. The molecule has 0 aliphatic carbocycles. The normalized spacial score (nSPS) is 15.9. The van der Waals surface area contributed by atoms with Crippen LogP contribution in [0.2, 0.25) is 0 Å². The van der Waals surface area contributed by atoms with E-state index in [0.717, 1.165) is 42.4 Å². The summed E-state index contributed by atoms with van der Waals surface area (Å²) in [7, 11) is -1.20. The quantitative estimate of drug-likeness (QED) is 0.504. The topological polar surface area (TPSA) is 62.6 Å². The number of likely N-dealkylation sites (tertiary alicyclic amines) is 1. The number of aryl methyl sites for hydroxylation is 1. The van der Waals surface area contributed by atoms with Gasteiger partial charge in [-0.2, -0.15) is 0 Å². The van der Waals surface area contributed by atoms with Gasteiger partial charge in [-0.05, 0) is 74.5 Å². The average molecular weight is 465 g/mol. The number of carbonyl (C=O) groups excluding carboxylic acids is 1. The van der Waals surface area contributed by atoms with Crippen LogP contribution < -0.4 is 5.32 Å². The molecular formula is C27H32N2O3S. The number of carbonyl (C=O) groups is 1. The minimum atomic E-state index is -1.20. The first kappa shape index (κ1) is 23.5. The number of nitrogens with one attached hydrogen (secondary N) is 1. The largest absolute Gasteiger partial charge is 0.455 e. The number of furan rings is 1. The highest BCUT2D eigenvalue weighted by molar-refractivity contribution is 7.84. The molecule has 0 spiro atoms. The Morgan fingerprint density at radius 3 is 2.52 bits per heavy atom. The fourth-order valence-electron chi connectivity index (χ4n) is 4.37. The monoisotopic (exact) mass is 464 g/mol. The van der Waals surface area contributed by atoms with E-state index in [1.54, 1.807) is 12.1 Å². The van der Waals surface area contributed by atoms with Gasteiger partial charge in [-0.25, -0.2) is 0 Å². The smallest absolute Gasteiger partial charge is 0.287 e. The van der Waals surface area contributed by atoms with E-state index in [9.17, 15) is 9.00 Å². The molecule has 6 heteroatoms. The van der Waals surface area contributed by atoms with E-state index in [-0.39, 0.29) is 17.4 Å². The molecule has 1 amide bonds. The number of hydrogen-bond acceptors (Lipinski definition) is 4. The lowest BCUT2D eigenvalue weighted by atomic mass is 9.90. The van der Waals surface area contributed by atoms with Crippen LogP contribution in [-0.4, -0.2) is 41.2 Å². The minimum Gasteiger partial charge on any atom is -0.455 e. The van der Waals surface area contributed by atoms with Gasteiger partial charge in [0.2, 0.25) is 0 Å². The lowest BCUT2D eigenvalue weighted by molar-refractivity contribution is 0.0915. The Balaban J connectivity index is 1.18. The van der Waals surface area contributed by atoms with Gasteiger partial charge in [-0.3, -0.25) is 9.00 Å². The van der Waals surface area contributed by atoms with Crippen molar-refractivity contribution in [1.29, 1.82) is 0 Å². The molecule has 1 fully saturated rings. The van der Waals surface area contributed by atoms with Crippen molar-refractivity contribution in [3.63, 3.8) is 0 Å². The zero-order valence-corrected chi connectivity index (χ0v) is 20.0. The first-order valence-corrected chi connectivity index (χ1v) is 13.0. The van der Waals surface area contributed by atoms with Gasteiger partial charge in [0.05, 0.1) is 16.6 Å². The molecular weight excluding hydrogens is 432 g/mol. The van der Waals surface area contributed by atoms with Crippen LogP contribution in [0.5, 0.6) is 0 Å². The summed E-state index contributed by atoms with van der Waals surface area (Å²) >= 11 is 0. The summed E-state index contributed by atoms with van der Waals surface area (Å²) in [6.07, 6.45) is 3.55. The van der Waals surface area contributed by atoms with Gasteiger partial charge in [0, 0.05) is 18.0 Å². The molecule has 1 saturated heterocycles. The van der Waals surface area contributed by atoms with E-state index in [1.807, 2.05) is 31.2 Å². The molecule has 1 aromatic heterocycles. The summed E-state index contributed by atoms with van der Waals surface area (Å²) in [6.45, 7) is 5.52. The molecule has 33 heavy (non-hydrogen) atoms. The first-order chi connectivity index (χ1) is 16.1. The predicted octanol–water partition coefficient (Wildman–Crippen LogP) is 4.58. The third-order valence-electron chi connectivity index (χ3n) is 6.29. The van der Waals surface area contributed by atoms with Gasteiger partial charge >= 0.3 is 0 Å². The summed E-state index contributed by atoms with van der Waals surface area (Å²) < 4.78 is 18.3. The summed E-state index contributed by atoms with van der Waals surface area (Å²) in [6, 6.07) is 21.7. The summed E-state index contributed by atoms with van der Waals surface area (Å²) in [4.78, 5) is 15.7. The van der Waals surface area contributed by atoms with E-state index < -0.39 is 10.8 Å². The fourth-order valence-corrected chi connectivity index (χ4v) is 5.60. The van der Waals surface area contributed by atoms with E-state index in [0.29, 0.717) is 12.3 Å². The van der Waals surface area contributed by atoms with Crippen molar-refractivity contribution < 1.29 is 13.4 Å². The average Bonchev–Trinajstić information content (AvgIpc) is 3.30. The highest BCUT2D eigenvalue weighted by Crippen LogP contribution is 2.21. The summed E-state index contributed by atoms with van der Waals surface area (Å²) in [5, 5.41) is 2.95. The lowest BCUT2D eigenvalue weighted by Gasteiger charge is -2.32. The van der Waals surface area contributed by atoms with Crippen molar-refractivity contribution in [2.45, 2.75) is 36.8 Å². The van der Waals surface area contributed by atoms with E-state index in [2.05, 4.69) is 40.5 Å². The lowest BCUT2D eigenvalue weighted by Crippen LogP contribution is -2.39. The second kappa shape index (κ2) is 11.4. The highest BCUT2D eigenvalue weighted by Gasteiger charge is 2.20. The van der Waals surface area contributed by atoms with Gasteiger partial charge < -0.3 is 14.6 Å². The Labute approximate surface area is 198 Å². The Morgan fingerprint density at radius 2 is 1.76 bits per heavy atom. The van der Waals surface area contributed by atoms with Crippen molar-refractivity contribution in [1.82, 2.24) is 10.2 Å². The van der Waals surface area contributed by atoms with E-state index in [1.165, 1.54) is 18.4 Å². The van der Waals surface area contributed by atoms with Gasteiger partial charge in [0.15, 0.2) is 5.76 Å². The number of nitrogens with zero attached hydrogens (tertiary/aromatic N) is 1. The molecule has 0 radical (unpaired) electrons.